The second-order valence-corrected chi connectivity index (χ2v) is 6.04. The quantitative estimate of drug-likeness (QED) is 0.712. The number of nitrogens with zero attached hydrogens (tertiary/aromatic N) is 1. The molecule has 1 N–H and O–H groups in total. The fourth-order valence-corrected chi connectivity index (χ4v) is 2.83. The minimum atomic E-state index is -0.659. The van der Waals surface area contributed by atoms with Crippen molar-refractivity contribution in [3.8, 4) is 11.3 Å². The van der Waals surface area contributed by atoms with E-state index in [1.807, 2.05) is 30.3 Å². The number of aromatic amines is 1. The van der Waals surface area contributed by atoms with Gasteiger partial charge in [-0.3, -0.25) is 14.3 Å². The zero-order valence-electron chi connectivity index (χ0n) is 14.4. The van der Waals surface area contributed by atoms with Gasteiger partial charge in [-0.1, -0.05) is 30.3 Å². The molecule has 1 saturated heterocycles. The van der Waals surface area contributed by atoms with Gasteiger partial charge in [-0.25, -0.2) is 4.79 Å². The van der Waals surface area contributed by atoms with Gasteiger partial charge in [0.25, 0.3) is 5.56 Å². The molecule has 3 aromatic rings. The van der Waals surface area contributed by atoms with Crippen LogP contribution in [-0.2, 0) is 20.8 Å². The van der Waals surface area contributed by atoms with E-state index in [0.29, 0.717) is 12.4 Å². The van der Waals surface area contributed by atoms with Crippen LogP contribution in [0.5, 0.6) is 0 Å². The van der Waals surface area contributed by atoms with Crippen molar-refractivity contribution in [3.05, 3.63) is 81.3 Å². The van der Waals surface area contributed by atoms with Crippen molar-refractivity contribution >= 4 is 0 Å². The first kappa shape index (κ1) is 17.5. The molecule has 8 nitrogen and oxygen atoms in total. The Hall–Kier alpha value is -2.94. The SMILES string of the molecule is O=c1[nH]c(=O)n(C2COC(COCc3ccccc3)O2)cc1-c1ccco1. The van der Waals surface area contributed by atoms with Crippen LogP contribution >= 0.6 is 0 Å². The van der Waals surface area contributed by atoms with E-state index >= 15 is 0 Å². The standard InChI is InChI=1S/C19H18N2O6/c22-18-14(15-7-4-8-25-15)9-21(19(23)20-18)16-11-26-17(27-16)12-24-10-13-5-2-1-3-6-13/h1-9,16-17H,10-12H2,(H,20,22,23). The molecule has 0 radical (unpaired) electrons. The Morgan fingerprint density at radius 2 is 2.00 bits per heavy atom. The van der Waals surface area contributed by atoms with Gasteiger partial charge in [0.1, 0.15) is 5.76 Å². The van der Waals surface area contributed by atoms with Crippen LogP contribution in [0.2, 0.25) is 0 Å². The number of rotatable bonds is 6. The summed E-state index contributed by atoms with van der Waals surface area (Å²) in [5.74, 6) is 0.367. The molecule has 0 saturated carbocycles. The van der Waals surface area contributed by atoms with Crippen molar-refractivity contribution in [2.45, 2.75) is 19.1 Å². The number of H-pyrrole nitrogens is 1. The second kappa shape index (κ2) is 7.75. The van der Waals surface area contributed by atoms with Crippen molar-refractivity contribution in [2.24, 2.45) is 0 Å². The molecule has 2 atom stereocenters. The third-order valence-electron chi connectivity index (χ3n) is 4.16. The molecule has 140 valence electrons. The van der Waals surface area contributed by atoms with Gasteiger partial charge in [-0.05, 0) is 17.7 Å². The zero-order chi connectivity index (χ0) is 18.6. The van der Waals surface area contributed by atoms with Crippen molar-refractivity contribution in [2.75, 3.05) is 13.2 Å². The average molecular weight is 370 g/mol. The highest BCUT2D eigenvalue weighted by molar-refractivity contribution is 5.54. The molecule has 2 unspecified atom stereocenters. The maximum atomic E-state index is 12.2. The minimum Gasteiger partial charge on any atom is -0.464 e. The Labute approximate surface area is 153 Å². The number of furan rings is 1. The van der Waals surface area contributed by atoms with Gasteiger partial charge in [0.2, 0.25) is 0 Å². The van der Waals surface area contributed by atoms with E-state index < -0.39 is 23.8 Å². The maximum Gasteiger partial charge on any atom is 0.330 e. The van der Waals surface area contributed by atoms with Crippen molar-refractivity contribution in [1.29, 1.82) is 0 Å². The van der Waals surface area contributed by atoms with Crippen LogP contribution in [0.15, 0.2) is 68.9 Å². The van der Waals surface area contributed by atoms with Crippen LogP contribution in [-0.4, -0.2) is 29.1 Å². The van der Waals surface area contributed by atoms with Gasteiger partial charge in [-0.15, -0.1) is 0 Å². The smallest absolute Gasteiger partial charge is 0.330 e. The zero-order valence-corrected chi connectivity index (χ0v) is 14.4. The molecule has 27 heavy (non-hydrogen) atoms. The third-order valence-corrected chi connectivity index (χ3v) is 4.16. The average Bonchev–Trinajstić information content (AvgIpc) is 3.35. The summed E-state index contributed by atoms with van der Waals surface area (Å²) in [6, 6.07) is 13.1. The molecule has 8 heteroatoms. The van der Waals surface area contributed by atoms with Gasteiger partial charge < -0.3 is 18.6 Å². The molecule has 1 aliphatic heterocycles. The lowest BCUT2D eigenvalue weighted by Crippen LogP contribution is -2.34. The predicted molar refractivity (Wildman–Crippen MR) is 95.0 cm³/mol. The number of ether oxygens (including phenoxy) is 3. The van der Waals surface area contributed by atoms with E-state index in [9.17, 15) is 9.59 Å². The Morgan fingerprint density at radius 1 is 1.15 bits per heavy atom. The highest BCUT2D eigenvalue weighted by Gasteiger charge is 2.29. The lowest BCUT2D eigenvalue weighted by atomic mass is 10.2. The first-order valence-electron chi connectivity index (χ1n) is 8.49. The van der Waals surface area contributed by atoms with E-state index in [2.05, 4.69) is 4.98 Å². The van der Waals surface area contributed by atoms with Gasteiger partial charge in [0.15, 0.2) is 12.5 Å². The van der Waals surface area contributed by atoms with Crippen LogP contribution in [0.25, 0.3) is 11.3 Å². The molecule has 3 heterocycles. The lowest BCUT2D eigenvalue weighted by Gasteiger charge is -2.14. The largest absolute Gasteiger partial charge is 0.464 e. The Morgan fingerprint density at radius 3 is 2.78 bits per heavy atom. The molecule has 0 aliphatic carbocycles. The highest BCUT2D eigenvalue weighted by Crippen LogP contribution is 2.22. The van der Waals surface area contributed by atoms with Gasteiger partial charge in [0.05, 0.1) is 31.6 Å². The number of benzene rings is 1. The van der Waals surface area contributed by atoms with Gasteiger partial charge in [0, 0.05) is 6.20 Å². The number of hydrogen-bond donors (Lipinski definition) is 1. The number of aromatic nitrogens is 2. The molecule has 0 bridgehead atoms. The lowest BCUT2D eigenvalue weighted by molar-refractivity contribution is -0.118. The van der Waals surface area contributed by atoms with Crippen LogP contribution < -0.4 is 11.2 Å². The van der Waals surface area contributed by atoms with E-state index in [0.717, 1.165) is 5.56 Å². The van der Waals surface area contributed by atoms with Crippen molar-refractivity contribution in [1.82, 2.24) is 9.55 Å². The van der Waals surface area contributed by atoms with Crippen LogP contribution in [0.1, 0.15) is 11.8 Å². The Bertz CT molecular complexity index is 993. The summed E-state index contributed by atoms with van der Waals surface area (Å²) in [5.41, 5.74) is 0.196. The molecule has 0 amide bonds. The normalized spacial score (nSPS) is 19.4. The topological polar surface area (TPSA) is 95.7 Å². The summed E-state index contributed by atoms with van der Waals surface area (Å²) in [5, 5.41) is 0. The second-order valence-electron chi connectivity index (χ2n) is 6.04. The third kappa shape index (κ3) is 3.92. The maximum absolute atomic E-state index is 12.2. The molecule has 4 rings (SSSR count). The number of nitrogens with one attached hydrogen (secondary N) is 1. The van der Waals surface area contributed by atoms with E-state index in [1.54, 1.807) is 12.1 Å². The predicted octanol–water partition coefficient (Wildman–Crippen LogP) is 1.88. The summed E-state index contributed by atoms with van der Waals surface area (Å²) in [6.07, 6.45) is 1.62. The van der Waals surface area contributed by atoms with Crippen molar-refractivity contribution < 1.29 is 18.6 Å². The Balaban J connectivity index is 1.42. The summed E-state index contributed by atoms with van der Waals surface area (Å²) < 4.78 is 23.4. The summed E-state index contributed by atoms with van der Waals surface area (Å²) in [7, 11) is 0. The van der Waals surface area contributed by atoms with Crippen molar-refractivity contribution in [3.63, 3.8) is 0 Å². The van der Waals surface area contributed by atoms with Crippen LogP contribution in [0.3, 0.4) is 0 Å². The monoisotopic (exact) mass is 370 g/mol. The van der Waals surface area contributed by atoms with Crippen LogP contribution in [0.4, 0.5) is 0 Å². The molecular formula is C19H18N2O6. The fourth-order valence-electron chi connectivity index (χ4n) is 2.83. The van der Waals surface area contributed by atoms with E-state index in [1.165, 1.54) is 17.0 Å². The van der Waals surface area contributed by atoms with Crippen LogP contribution in [0, 0.1) is 0 Å². The number of hydrogen-bond acceptors (Lipinski definition) is 6. The molecule has 1 aromatic carbocycles. The summed E-state index contributed by atoms with van der Waals surface area (Å²) in [4.78, 5) is 26.5. The first-order chi connectivity index (χ1) is 13.2. The first-order valence-corrected chi connectivity index (χ1v) is 8.49. The Kier molecular flexibility index (Phi) is 5.01. The molecule has 1 aliphatic rings. The van der Waals surface area contributed by atoms with Gasteiger partial charge in [-0.2, -0.15) is 0 Å². The summed E-state index contributed by atoms with van der Waals surface area (Å²) in [6.45, 7) is 0.841. The summed E-state index contributed by atoms with van der Waals surface area (Å²) >= 11 is 0. The fraction of sp³-hybridized carbons (Fsp3) is 0.263. The van der Waals surface area contributed by atoms with E-state index in [4.69, 9.17) is 18.6 Å². The molecule has 0 spiro atoms. The minimum absolute atomic E-state index is 0.170. The van der Waals surface area contributed by atoms with Gasteiger partial charge >= 0.3 is 5.69 Å². The molecular weight excluding hydrogens is 352 g/mol. The van der Waals surface area contributed by atoms with E-state index in [-0.39, 0.29) is 18.8 Å². The molecule has 1 fully saturated rings. The molecule has 2 aromatic heterocycles. The highest BCUT2D eigenvalue weighted by atomic mass is 16.7.